The fourth-order valence-corrected chi connectivity index (χ4v) is 7.35. The lowest BCUT2D eigenvalue weighted by molar-refractivity contribution is -0.0454. The smallest absolute Gasteiger partial charge is 0.340 e. The van der Waals surface area contributed by atoms with Crippen LogP contribution in [0.1, 0.15) is 100 Å². The van der Waals surface area contributed by atoms with Crippen LogP contribution >= 0.6 is 11.6 Å². The van der Waals surface area contributed by atoms with E-state index in [1.54, 1.807) is 30.3 Å². The van der Waals surface area contributed by atoms with Crippen LogP contribution in [0.25, 0.3) is 0 Å². The van der Waals surface area contributed by atoms with Crippen molar-refractivity contribution in [3.63, 3.8) is 0 Å². The largest absolute Gasteiger partial charge is 0.459 e. The van der Waals surface area contributed by atoms with Crippen molar-refractivity contribution in [1.82, 2.24) is 0 Å². The molecule has 3 N–H and O–H groups in total. The van der Waals surface area contributed by atoms with E-state index in [1.165, 1.54) is 0 Å². The molecule has 3 aliphatic rings. The van der Waals surface area contributed by atoms with Crippen LogP contribution in [-0.4, -0.2) is 42.9 Å². The number of carbonyl (C=O) groups excluding carboxylic acids is 3. The molecule has 2 unspecified atom stereocenters. The molecule has 0 spiro atoms. The van der Waals surface area contributed by atoms with E-state index >= 15 is 0 Å². The Morgan fingerprint density at radius 1 is 0.911 bits per heavy atom. The number of benzene rings is 3. The van der Waals surface area contributed by atoms with Crippen LogP contribution < -0.4 is 11.1 Å². The number of nitrogens with one attached hydrogen (secondary N) is 1. The molecular formula is C37H41ClN2O5. The van der Waals surface area contributed by atoms with Crippen molar-refractivity contribution in [2.24, 2.45) is 17.8 Å². The molecular weight excluding hydrogens is 588 g/mol. The molecule has 0 heterocycles. The molecule has 3 aromatic carbocycles. The first-order valence-corrected chi connectivity index (χ1v) is 16.5. The minimum atomic E-state index is -0.562. The van der Waals surface area contributed by atoms with Gasteiger partial charge in [-0.3, -0.25) is 9.59 Å². The first kappa shape index (κ1) is 31.3. The summed E-state index contributed by atoms with van der Waals surface area (Å²) in [6.45, 7) is 5.60. The number of ketones is 2. The lowest BCUT2D eigenvalue weighted by Crippen LogP contribution is -2.37. The number of hydrogen-bond donors (Lipinski definition) is 2. The maximum Gasteiger partial charge on any atom is 0.340 e. The molecule has 3 aliphatic carbocycles. The van der Waals surface area contributed by atoms with E-state index in [-0.39, 0.29) is 45.6 Å². The summed E-state index contributed by atoms with van der Waals surface area (Å²) in [7, 11) is 0. The molecule has 2 saturated carbocycles. The van der Waals surface area contributed by atoms with Crippen molar-refractivity contribution < 1.29 is 23.9 Å². The minimum Gasteiger partial charge on any atom is -0.459 e. The maximum atomic E-state index is 13.8. The monoisotopic (exact) mass is 628 g/mol. The minimum absolute atomic E-state index is 0.0115. The standard InChI is InChI=1S/C37H41ClN2O5/c1-21(2)20-44-26-13-9-24-18-27(14-10-23(24)17-26)45-37(43)30-19-31(40-16-15-22-7-11-25(38)12-8-22)32-33(34(30)39)36(42)29-6-4-3-5-28(29)35(32)41/h3-8,11-12,19,21,23-24,26-27,40H,9-10,13-18,20,39H2,1-2H3/t23-,24?,26?,27-/m1/s1. The molecule has 0 radical (unpaired) electrons. The summed E-state index contributed by atoms with van der Waals surface area (Å²) < 4.78 is 12.2. The van der Waals surface area contributed by atoms with Crippen molar-refractivity contribution in [2.75, 3.05) is 24.2 Å². The zero-order chi connectivity index (χ0) is 31.7. The molecule has 3 aromatic rings. The summed E-state index contributed by atoms with van der Waals surface area (Å²) in [5.41, 5.74) is 8.98. The van der Waals surface area contributed by atoms with Crippen LogP contribution in [0.3, 0.4) is 0 Å². The summed E-state index contributed by atoms with van der Waals surface area (Å²) in [5, 5.41) is 3.98. The second-order valence-corrected chi connectivity index (χ2v) is 13.6. The highest BCUT2D eigenvalue weighted by atomic mass is 35.5. The van der Waals surface area contributed by atoms with Crippen LogP contribution in [0.15, 0.2) is 54.6 Å². The van der Waals surface area contributed by atoms with Gasteiger partial charge in [-0.15, -0.1) is 0 Å². The second-order valence-electron chi connectivity index (χ2n) is 13.2. The van der Waals surface area contributed by atoms with Crippen LogP contribution in [0.4, 0.5) is 11.4 Å². The Kier molecular flexibility index (Phi) is 9.29. The number of carbonyl (C=O) groups is 3. The number of nitrogen functional groups attached to an aromatic ring is 1. The average Bonchev–Trinajstić information content (AvgIpc) is 3.03. The van der Waals surface area contributed by atoms with E-state index in [1.807, 2.05) is 24.3 Å². The van der Waals surface area contributed by atoms with Crippen LogP contribution in [0.5, 0.6) is 0 Å². The molecule has 0 bridgehead atoms. The van der Waals surface area contributed by atoms with Crippen LogP contribution in [0.2, 0.25) is 5.02 Å². The van der Waals surface area contributed by atoms with Crippen molar-refractivity contribution in [3.05, 3.63) is 93.0 Å². The van der Waals surface area contributed by atoms with Gasteiger partial charge in [-0.1, -0.05) is 61.8 Å². The fraction of sp³-hybridized carbons (Fsp3) is 0.432. The van der Waals surface area contributed by atoms with Crippen molar-refractivity contribution in [2.45, 2.75) is 71.0 Å². The Morgan fingerprint density at radius 3 is 2.20 bits per heavy atom. The summed E-state index contributed by atoms with van der Waals surface area (Å²) in [6.07, 6.45) is 6.50. The van der Waals surface area contributed by atoms with Gasteiger partial charge in [-0.05, 0) is 86.5 Å². The lowest BCUT2D eigenvalue weighted by Gasteiger charge is -2.41. The number of nitrogens with two attached hydrogens (primary N) is 1. The zero-order valence-electron chi connectivity index (χ0n) is 25.9. The Morgan fingerprint density at radius 2 is 1.53 bits per heavy atom. The molecule has 45 heavy (non-hydrogen) atoms. The van der Waals surface area contributed by atoms with Gasteiger partial charge in [0.2, 0.25) is 0 Å². The Labute approximate surface area is 269 Å². The van der Waals surface area contributed by atoms with Gasteiger partial charge >= 0.3 is 5.97 Å². The zero-order valence-corrected chi connectivity index (χ0v) is 26.7. The molecule has 0 aromatic heterocycles. The van der Waals surface area contributed by atoms with Crippen molar-refractivity contribution in [1.29, 1.82) is 0 Å². The first-order chi connectivity index (χ1) is 21.7. The van der Waals surface area contributed by atoms with Gasteiger partial charge < -0.3 is 20.5 Å². The molecule has 6 rings (SSSR count). The topological polar surface area (TPSA) is 108 Å². The van der Waals surface area contributed by atoms with E-state index in [0.29, 0.717) is 53.1 Å². The number of fused-ring (bicyclic) bond motifs is 3. The summed E-state index contributed by atoms with van der Waals surface area (Å²) >= 11 is 6.04. The highest BCUT2D eigenvalue weighted by Gasteiger charge is 2.39. The van der Waals surface area contributed by atoms with Gasteiger partial charge in [0.25, 0.3) is 0 Å². The predicted molar refractivity (Wildman–Crippen MR) is 176 cm³/mol. The highest BCUT2D eigenvalue weighted by Crippen LogP contribution is 2.43. The number of ether oxygens (including phenoxy) is 2. The number of rotatable bonds is 9. The van der Waals surface area contributed by atoms with Gasteiger partial charge in [0.1, 0.15) is 6.10 Å². The number of anilines is 2. The van der Waals surface area contributed by atoms with Gasteiger partial charge in [0.05, 0.1) is 28.5 Å². The normalized spacial score (nSPS) is 22.4. The third-order valence-corrected chi connectivity index (χ3v) is 9.81. The summed E-state index contributed by atoms with van der Waals surface area (Å²) in [6, 6.07) is 15.8. The maximum absolute atomic E-state index is 13.8. The predicted octanol–water partition coefficient (Wildman–Crippen LogP) is 7.52. The van der Waals surface area contributed by atoms with Gasteiger partial charge in [-0.25, -0.2) is 4.79 Å². The number of halogens is 1. The van der Waals surface area contributed by atoms with Crippen LogP contribution in [0, 0.1) is 17.8 Å². The van der Waals surface area contributed by atoms with E-state index < -0.39 is 5.97 Å². The Balaban J connectivity index is 1.22. The van der Waals surface area contributed by atoms with Gasteiger partial charge in [0.15, 0.2) is 11.6 Å². The molecule has 7 nitrogen and oxygen atoms in total. The van der Waals surface area contributed by atoms with Crippen LogP contribution in [-0.2, 0) is 15.9 Å². The fourth-order valence-electron chi connectivity index (χ4n) is 7.22. The van der Waals surface area contributed by atoms with E-state index in [9.17, 15) is 14.4 Å². The van der Waals surface area contributed by atoms with E-state index in [2.05, 4.69) is 19.2 Å². The summed E-state index contributed by atoms with van der Waals surface area (Å²) in [4.78, 5) is 41.2. The van der Waals surface area contributed by atoms with Crippen molar-refractivity contribution in [3.8, 4) is 0 Å². The molecule has 0 saturated heterocycles. The molecule has 8 heteroatoms. The second kappa shape index (κ2) is 13.4. The number of hydrogen-bond acceptors (Lipinski definition) is 7. The van der Waals surface area contributed by atoms with Gasteiger partial charge in [-0.2, -0.15) is 0 Å². The molecule has 2 fully saturated rings. The third kappa shape index (κ3) is 6.66. The number of esters is 1. The molecule has 4 atom stereocenters. The Hall–Kier alpha value is -3.68. The van der Waals surface area contributed by atoms with Crippen molar-refractivity contribution >= 4 is 40.5 Å². The van der Waals surface area contributed by atoms with Gasteiger partial charge in [0, 0.05) is 35.0 Å². The van der Waals surface area contributed by atoms with E-state index in [4.69, 9.17) is 26.8 Å². The summed E-state index contributed by atoms with van der Waals surface area (Å²) in [5.74, 6) is 0.373. The average molecular weight is 629 g/mol. The molecule has 236 valence electrons. The third-order valence-electron chi connectivity index (χ3n) is 9.56. The Bertz CT molecular complexity index is 1600. The van der Waals surface area contributed by atoms with E-state index in [0.717, 1.165) is 50.7 Å². The molecule has 0 aliphatic heterocycles. The quantitative estimate of drug-likeness (QED) is 0.146. The highest BCUT2D eigenvalue weighted by molar-refractivity contribution is 6.32. The SMILES string of the molecule is CC(C)COC1CCC2C[C@H](OC(=O)c3cc(NCCc4ccc(Cl)cc4)c4c(c3N)C(=O)c3ccccc3C4=O)CC[C@@H]2C1. The molecule has 0 amide bonds. The first-order valence-electron chi connectivity index (χ1n) is 16.1. The lowest BCUT2D eigenvalue weighted by atomic mass is 9.69.